The molecule has 0 saturated heterocycles. The summed E-state index contributed by atoms with van der Waals surface area (Å²) in [6.07, 6.45) is 1.28. The predicted molar refractivity (Wildman–Crippen MR) is 142 cm³/mol. The van der Waals surface area contributed by atoms with Crippen LogP contribution >= 0.6 is 24.0 Å². The van der Waals surface area contributed by atoms with Crippen LogP contribution in [0.25, 0.3) is 5.69 Å². The first kappa shape index (κ1) is 26.9. The number of guanidine groups is 1. The van der Waals surface area contributed by atoms with Gasteiger partial charge in [-0.3, -0.25) is 0 Å². The molecule has 0 radical (unpaired) electrons. The Labute approximate surface area is 216 Å². The van der Waals surface area contributed by atoms with Crippen molar-refractivity contribution in [2.75, 3.05) is 25.9 Å². The van der Waals surface area contributed by atoms with Gasteiger partial charge in [0.05, 0.1) is 25.0 Å². The summed E-state index contributed by atoms with van der Waals surface area (Å²) >= 11 is 0. The van der Waals surface area contributed by atoms with Crippen molar-refractivity contribution in [3.8, 4) is 17.5 Å². The minimum Gasteiger partial charge on any atom is -0.497 e. The Balaban J connectivity index is 0.00000408. The van der Waals surface area contributed by atoms with Crippen LogP contribution in [0.5, 0.6) is 5.75 Å². The fraction of sp³-hybridized carbons (Fsp3) is 0.292. The predicted octanol–water partition coefficient (Wildman–Crippen LogP) is 3.78. The molecule has 0 atom stereocenters. The normalized spacial score (nSPS) is 10.8. The van der Waals surface area contributed by atoms with Crippen LogP contribution in [0.1, 0.15) is 30.2 Å². The van der Waals surface area contributed by atoms with Gasteiger partial charge >= 0.3 is 0 Å². The Hall–Kier alpha value is -3.33. The van der Waals surface area contributed by atoms with Gasteiger partial charge < -0.3 is 21.1 Å². The zero-order valence-corrected chi connectivity index (χ0v) is 21.5. The van der Waals surface area contributed by atoms with Gasteiger partial charge in [0.25, 0.3) is 0 Å². The average Bonchev–Trinajstić information content (AvgIpc) is 3.15. The largest absolute Gasteiger partial charge is 0.497 e. The molecule has 0 aliphatic carbocycles. The first-order valence-electron chi connectivity index (χ1n) is 10.7. The Bertz CT molecular complexity index is 1140. The first-order chi connectivity index (χ1) is 16.0. The van der Waals surface area contributed by atoms with Crippen molar-refractivity contribution >= 4 is 35.8 Å². The van der Waals surface area contributed by atoms with Gasteiger partial charge in [-0.2, -0.15) is 10.4 Å². The van der Waals surface area contributed by atoms with Crippen LogP contribution in [0.15, 0.2) is 53.5 Å². The monoisotopic (exact) mass is 577 g/mol. The molecular formula is C24H29FIN7O. The Kier molecular flexibility index (Phi) is 10.6. The number of rotatable bonds is 9. The summed E-state index contributed by atoms with van der Waals surface area (Å²) in [7, 11) is 1.64. The van der Waals surface area contributed by atoms with Crippen molar-refractivity contribution in [2.45, 2.75) is 26.3 Å². The molecule has 3 rings (SSSR count). The summed E-state index contributed by atoms with van der Waals surface area (Å²) in [4.78, 5) is 4.62. The molecule has 180 valence electrons. The molecule has 8 nitrogen and oxygen atoms in total. The molecule has 10 heteroatoms. The number of nitrogens with zero attached hydrogens (tertiary/aromatic N) is 4. The van der Waals surface area contributed by atoms with E-state index in [9.17, 15) is 9.65 Å². The number of hydrogen-bond donors (Lipinski definition) is 3. The molecule has 0 unspecified atom stereocenters. The highest BCUT2D eigenvalue weighted by Gasteiger charge is 2.16. The molecule has 3 aromatic rings. The summed E-state index contributed by atoms with van der Waals surface area (Å²) in [6.45, 7) is 3.90. The van der Waals surface area contributed by atoms with E-state index in [1.807, 2.05) is 31.2 Å². The first-order valence-corrected chi connectivity index (χ1v) is 10.7. The van der Waals surface area contributed by atoms with Gasteiger partial charge in [0.15, 0.2) is 5.96 Å². The molecule has 2 aromatic carbocycles. The maximum absolute atomic E-state index is 13.2. The van der Waals surface area contributed by atoms with Crippen LogP contribution in [0, 0.1) is 17.1 Å². The van der Waals surface area contributed by atoms with Crippen LogP contribution in [0.4, 0.5) is 10.2 Å². The molecule has 1 heterocycles. The molecule has 1 aromatic heterocycles. The number of methoxy groups -OCH3 is 1. The summed E-state index contributed by atoms with van der Waals surface area (Å²) < 4.78 is 20.0. The van der Waals surface area contributed by atoms with Crippen molar-refractivity contribution < 1.29 is 9.13 Å². The number of halogens is 2. The van der Waals surface area contributed by atoms with E-state index in [-0.39, 0.29) is 35.6 Å². The molecule has 0 aliphatic heterocycles. The highest BCUT2D eigenvalue weighted by Crippen LogP contribution is 2.21. The molecule has 4 N–H and O–H groups in total. The zero-order valence-electron chi connectivity index (χ0n) is 19.2. The maximum atomic E-state index is 13.2. The molecule has 34 heavy (non-hydrogen) atoms. The fourth-order valence-corrected chi connectivity index (χ4v) is 3.30. The topological polar surface area (TPSA) is 113 Å². The SMILES string of the molecule is CCNC(=NCc1cccc(OC)c1)NCCCc1nn(-c2ccc(F)cc2)c(N)c1C#N.I. The molecule has 0 bridgehead atoms. The minimum absolute atomic E-state index is 0. The molecule has 0 aliphatic rings. The van der Waals surface area contributed by atoms with Crippen molar-refractivity contribution in [3.63, 3.8) is 0 Å². The Morgan fingerprint density at radius 1 is 1.24 bits per heavy atom. The van der Waals surface area contributed by atoms with Gasteiger partial charge in [-0.05, 0) is 61.7 Å². The van der Waals surface area contributed by atoms with Crippen LogP contribution in [0.3, 0.4) is 0 Å². The second-order valence-electron chi connectivity index (χ2n) is 7.28. The molecule has 0 spiro atoms. The van der Waals surface area contributed by atoms with Crippen molar-refractivity contribution in [3.05, 3.63) is 71.2 Å². The summed E-state index contributed by atoms with van der Waals surface area (Å²) in [6, 6.07) is 15.7. The second-order valence-corrected chi connectivity index (χ2v) is 7.28. The Morgan fingerprint density at radius 2 is 2.00 bits per heavy atom. The van der Waals surface area contributed by atoms with E-state index >= 15 is 0 Å². The lowest BCUT2D eigenvalue weighted by atomic mass is 10.1. The number of aliphatic imine (C=N–C) groups is 1. The lowest BCUT2D eigenvalue weighted by molar-refractivity contribution is 0.414. The van der Waals surface area contributed by atoms with E-state index in [1.165, 1.54) is 16.8 Å². The highest BCUT2D eigenvalue weighted by molar-refractivity contribution is 14.0. The Morgan fingerprint density at radius 3 is 2.68 bits per heavy atom. The third-order valence-corrected chi connectivity index (χ3v) is 4.96. The number of anilines is 1. The van der Waals surface area contributed by atoms with Gasteiger partial charge in [0, 0.05) is 13.1 Å². The number of hydrogen-bond acceptors (Lipinski definition) is 5. The number of nitriles is 1. The van der Waals surface area contributed by atoms with Crippen molar-refractivity contribution in [1.82, 2.24) is 20.4 Å². The standard InChI is InChI=1S/C24H28FN7O.HI/c1-3-28-24(30-16-17-6-4-7-20(14-17)33-2)29-13-5-8-22-21(15-26)23(27)32(31-22)19-11-9-18(25)10-12-19;/h4,6-7,9-12,14H,3,5,8,13,16,27H2,1-2H3,(H2,28,29,30);1H. The summed E-state index contributed by atoms with van der Waals surface area (Å²) in [5, 5.41) is 20.6. The van der Waals surface area contributed by atoms with E-state index in [0.717, 1.165) is 24.3 Å². The number of nitrogens with one attached hydrogen (secondary N) is 2. The van der Waals surface area contributed by atoms with Gasteiger partial charge in [0.2, 0.25) is 0 Å². The molecule has 0 amide bonds. The molecular weight excluding hydrogens is 548 g/mol. The van der Waals surface area contributed by atoms with Crippen LogP contribution < -0.4 is 21.1 Å². The number of nitrogens with two attached hydrogens (primary N) is 1. The average molecular weight is 577 g/mol. The quantitative estimate of drug-likeness (QED) is 0.155. The van der Waals surface area contributed by atoms with Gasteiger partial charge in [-0.15, -0.1) is 24.0 Å². The van der Waals surface area contributed by atoms with Crippen molar-refractivity contribution in [2.24, 2.45) is 4.99 Å². The van der Waals surface area contributed by atoms with E-state index in [4.69, 9.17) is 10.5 Å². The smallest absolute Gasteiger partial charge is 0.191 e. The maximum Gasteiger partial charge on any atom is 0.191 e. The number of nitrogen functional groups attached to an aromatic ring is 1. The highest BCUT2D eigenvalue weighted by atomic mass is 127. The third-order valence-electron chi connectivity index (χ3n) is 4.96. The van der Waals surface area contributed by atoms with E-state index in [2.05, 4.69) is 26.8 Å². The number of aryl methyl sites for hydroxylation is 1. The zero-order chi connectivity index (χ0) is 23.6. The van der Waals surface area contributed by atoms with Crippen LogP contribution in [-0.2, 0) is 13.0 Å². The summed E-state index contributed by atoms with van der Waals surface area (Å²) in [5.74, 6) is 1.41. The van der Waals surface area contributed by atoms with Crippen LogP contribution in [-0.4, -0.2) is 35.9 Å². The lowest BCUT2D eigenvalue weighted by Crippen LogP contribution is -2.37. The number of ether oxygens (including phenoxy) is 1. The number of aromatic nitrogens is 2. The van der Waals surface area contributed by atoms with Gasteiger partial charge in [0.1, 0.15) is 29.0 Å². The van der Waals surface area contributed by atoms with Crippen LogP contribution in [0.2, 0.25) is 0 Å². The summed E-state index contributed by atoms with van der Waals surface area (Å²) in [5.41, 5.74) is 8.73. The number of benzene rings is 2. The van der Waals surface area contributed by atoms with E-state index < -0.39 is 0 Å². The lowest BCUT2D eigenvalue weighted by Gasteiger charge is -2.11. The second kappa shape index (κ2) is 13.4. The fourth-order valence-electron chi connectivity index (χ4n) is 3.30. The van der Waals surface area contributed by atoms with E-state index in [1.54, 1.807) is 19.2 Å². The molecule has 0 saturated carbocycles. The van der Waals surface area contributed by atoms with Crippen molar-refractivity contribution in [1.29, 1.82) is 5.26 Å². The van der Waals surface area contributed by atoms with Gasteiger partial charge in [-0.1, -0.05) is 12.1 Å². The van der Waals surface area contributed by atoms with E-state index in [0.29, 0.717) is 42.4 Å². The molecule has 0 fully saturated rings. The third kappa shape index (κ3) is 7.08. The van der Waals surface area contributed by atoms with Gasteiger partial charge in [-0.25, -0.2) is 14.1 Å². The minimum atomic E-state index is -0.346.